The zero-order valence-corrected chi connectivity index (χ0v) is 16.5. The van der Waals surface area contributed by atoms with Crippen molar-refractivity contribution >= 4 is 17.4 Å². The second kappa shape index (κ2) is 8.44. The van der Waals surface area contributed by atoms with Crippen LogP contribution in [0, 0.1) is 13.8 Å². The van der Waals surface area contributed by atoms with E-state index in [2.05, 4.69) is 25.6 Å². The molecule has 0 aliphatic rings. The van der Waals surface area contributed by atoms with E-state index in [9.17, 15) is 4.79 Å². The van der Waals surface area contributed by atoms with Crippen LogP contribution < -0.4 is 15.4 Å². The summed E-state index contributed by atoms with van der Waals surface area (Å²) in [5.41, 5.74) is 3.69. The first kappa shape index (κ1) is 19.1. The van der Waals surface area contributed by atoms with Gasteiger partial charge in [-0.1, -0.05) is 6.07 Å². The Morgan fingerprint density at radius 3 is 2.43 bits per heavy atom. The average molecular weight is 400 g/mol. The highest BCUT2D eigenvalue weighted by atomic mass is 16.5. The van der Waals surface area contributed by atoms with Gasteiger partial charge in [0.2, 0.25) is 5.88 Å². The molecule has 0 bridgehead atoms. The molecular weight excluding hydrogens is 380 g/mol. The maximum absolute atomic E-state index is 12.2. The molecule has 0 aliphatic carbocycles. The summed E-state index contributed by atoms with van der Waals surface area (Å²) in [6.07, 6.45) is 6.54. The Kier molecular flexibility index (Phi) is 5.38. The number of urea groups is 1. The van der Waals surface area contributed by atoms with Gasteiger partial charge in [0.15, 0.2) is 0 Å². The summed E-state index contributed by atoms with van der Waals surface area (Å²) >= 11 is 0. The number of hydrogen-bond acceptors (Lipinski definition) is 5. The number of aryl methyl sites for hydroxylation is 2. The number of amides is 2. The van der Waals surface area contributed by atoms with Gasteiger partial charge in [-0.05, 0) is 61.4 Å². The molecule has 2 amide bonds. The third-order valence-electron chi connectivity index (χ3n) is 4.50. The van der Waals surface area contributed by atoms with Crippen molar-refractivity contribution in [1.29, 1.82) is 0 Å². The summed E-state index contributed by atoms with van der Waals surface area (Å²) < 4.78 is 7.54. The minimum absolute atomic E-state index is 0.312. The topological polar surface area (TPSA) is 94.0 Å². The Bertz CT molecular complexity index is 1160. The molecule has 4 rings (SSSR count). The number of nitrogens with zero attached hydrogens (tertiary/aromatic N) is 4. The molecule has 2 aromatic heterocycles. The van der Waals surface area contributed by atoms with Crippen molar-refractivity contribution in [3.63, 3.8) is 0 Å². The summed E-state index contributed by atoms with van der Waals surface area (Å²) in [4.78, 5) is 24.5. The van der Waals surface area contributed by atoms with Crippen LogP contribution in [-0.2, 0) is 0 Å². The van der Waals surface area contributed by atoms with Crippen molar-refractivity contribution in [2.75, 3.05) is 10.6 Å². The normalized spacial score (nSPS) is 10.5. The van der Waals surface area contributed by atoms with Crippen LogP contribution in [0.15, 0.2) is 73.6 Å². The molecule has 0 atom stereocenters. The monoisotopic (exact) mass is 400 g/mol. The predicted octanol–water partition coefficient (Wildman–Crippen LogP) is 4.72. The van der Waals surface area contributed by atoms with E-state index >= 15 is 0 Å². The van der Waals surface area contributed by atoms with Gasteiger partial charge < -0.3 is 15.4 Å². The largest absolute Gasteiger partial charge is 0.439 e. The standard InChI is InChI=1S/C22H20N6O2/c1-15-3-4-18(11-16(15)2)27-22(29)26-17-5-7-19(8-6-17)30-21-12-20(24-13-25-21)28-10-9-23-14-28/h3-14H,1-2H3,(H2,26,27,29). The molecule has 150 valence electrons. The fourth-order valence-corrected chi connectivity index (χ4v) is 2.76. The van der Waals surface area contributed by atoms with Crippen LogP contribution in [0.4, 0.5) is 16.2 Å². The maximum atomic E-state index is 12.2. The van der Waals surface area contributed by atoms with E-state index in [1.165, 1.54) is 11.9 Å². The molecule has 0 fully saturated rings. The molecule has 8 heteroatoms. The van der Waals surface area contributed by atoms with E-state index in [0.717, 1.165) is 11.3 Å². The first-order valence-corrected chi connectivity index (χ1v) is 9.30. The SMILES string of the molecule is Cc1ccc(NC(=O)Nc2ccc(Oc3cc(-n4ccnc4)ncn3)cc2)cc1C. The van der Waals surface area contributed by atoms with Crippen molar-refractivity contribution in [3.8, 4) is 17.4 Å². The summed E-state index contributed by atoms with van der Waals surface area (Å²) in [7, 11) is 0. The highest BCUT2D eigenvalue weighted by molar-refractivity contribution is 5.99. The molecule has 0 aliphatic heterocycles. The smallest absolute Gasteiger partial charge is 0.323 e. The van der Waals surface area contributed by atoms with Crippen LogP contribution in [0.5, 0.6) is 11.6 Å². The molecule has 0 saturated carbocycles. The quantitative estimate of drug-likeness (QED) is 0.506. The number of aromatic nitrogens is 4. The zero-order chi connectivity index (χ0) is 20.9. The van der Waals surface area contributed by atoms with Gasteiger partial charge >= 0.3 is 6.03 Å². The average Bonchev–Trinajstić information content (AvgIpc) is 3.27. The third kappa shape index (κ3) is 4.61. The number of carbonyl (C=O) groups is 1. The fraction of sp³-hybridized carbons (Fsp3) is 0.0909. The number of nitrogens with one attached hydrogen (secondary N) is 2. The lowest BCUT2D eigenvalue weighted by Gasteiger charge is -2.10. The Labute approximate surface area is 173 Å². The highest BCUT2D eigenvalue weighted by Crippen LogP contribution is 2.22. The van der Waals surface area contributed by atoms with Gasteiger partial charge in [0.05, 0.1) is 0 Å². The Morgan fingerprint density at radius 1 is 0.933 bits per heavy atom. The van der Waals surface area contributed by atoms with Gasteiger partial charge in [-0.2, -0.15) is 0 Å². The van der Waals surface area contributed by atoms with Crippen LogP contribution in [0.25, 0.3) is 5.82 Å². The summed E-state index contributed by atoms with van der Waals surface area (Å²) in [5.74, 6) is 1.64. The molecule has 0 spiro atoms. The van der Waals surface area contributed by atoms with Gasteiger partial charge in [0.25, 0.3) is 0 Å². The van der Waals surface area contributed by atoms with Crippen LogP contribution in [0.3, 0.4) is 0 Å². The van der Waals surface area contributed by atoms with Gasteiger partial charge in [-0.15, -0.1) is 0 Å². The molecule has 4 aromatic rings. The number of carbonyl (C=O) groups excluding carboxylic acids is 1. The molecule has 0 unspecified atom stereocenters. The van der Waals surface area contributed by atoms with Crippen LogP contribution >= 0.6 is 0 Å². The van der Waals surface area contributed by atoms with E-state index in [1.54, 1.807) is 53.6 Å². The first-order chi connectivity index (χ1) is 14.6. The van der Waals surface area contributed by atoms with Gasteiger partial charge in [0.1, 0.15) is 24.2 Å². The third-order valence-corrected chi connectivity index (χ3v) is 4.50. The predicted molar refractivity (Wildman–Crippen MR) is 114 cm³/mol. The molecular formula is C22H20N6O2. The number of anilines is 2. The maximum Gasteiger partial charge on any atom is 0.323 e. The van der Waals surface area contributed by atoms with E-state index in [0.29, 0.717) is 23.1 Å². The minimum Gasteiger partial charge on any atom is -0.439 e. The number of hydrogen-bond donors (Lipinski definition) is 2. The van der Waals surface area contributed by atoms with Crippen LogP contribution in [-0.4, -0.2) is 25.6 Å². The van der Waals surface area contributed by atoms with E-state index in [1.807, 2.05) is 32.0 Å². The highest BCUT2D eigenvalue weighted by Gasteiger charge is 2.06. The molecule has 2 N–H and O–H groups in total. The van der Waals surface area contributed by atoms with Crippen molar-refractivity contribution in [2.45, 2.75) is 13.8 Å². The van der Waals surface area contributed by atoms with E-state index in [-0.39, 0.29) is 6.03 Å². The Morgan fingerprint density at radius 2 is 1.70 bits per heavy atom. The fourth-order valence-electron chi connectivity index (χ4n) is 2.76. The second-order valence-electron chi connectivity index (χ2n) is 6.69. The summed E-state index contributed by atoms with van der Waals surface area (Å²) in [6.45, 7) is 4.04. The molecule has 2 heterocycles. The zero-order valence-electron chi connectivity index (χ0n) is 16.5. The number of benzene rings is 2. The second-order valence-corrected chi connectivity index (χ2v) is 6.69. The molecule has 0 radical (unpaired) electrons. The molecule has 2 aromatic carbocycles. The number of imidazole rings is 1. The lowest BCUT2D eigenvalue weighted by Crippen LogP contribution is -2.19. The van der Waals surface area contributed by atoms with E-state index < -0.39 is 0 Å². The van der Waals surface area contributed by atoms with Crippen LogP contribution in [0.1, 0.15) is 11.1 Å². The molecule has 30 heavy (non-hydrogen) atoms. The van der Waals surface area contributed by atoms with E-state index in [4.69, 9.17) is 4.74 Å². The summed E-state index contributed by atoms with van der Waals surface area (Å²) in [5, 5.41) is 5.63. The van der Waals surface area contributed by atoms with Crippen molar-refractivity contribution in [3.05, 3.63) is 84.7 Å². The van der Waals surface area contributed by atoms with Crippen molar-refractivity contribution < 1.29 is 9.53 Å². The Balaban J connectivity index is 1.37. The Hall–Kier alpha value is -4.20. The first-order valence-electron chi connectivity index (χ1n) is 9.30. The van der Waals surface area contributed by atoms with Crippen LogP contribution in [0.2, 0.25) is 0 Å². The van der Waals surface area contributed by atoms with Gasteiger partial charge in [-0.3, -0.25) is 4.57 Å². The molecule has 8 nitrogen and oxygen atoms in total. The van der Waals surface area contributed by atoms with Crippen molar-refractivity contribution in [1.82, 2.24) is 19.5 Å². The summed E-state index contributed by atoms with van der Waals surface area (Å²) in [6, 6.07) is 14.2. The molecule has 0 saturated heterocycles. The minimum atomic E-state index is -0.312. The number of rotatable bonds is 5. The van der Waals surface area contributed by atoms with Gasteiger partial charge in [0, 0.05) is 29.8 Å². The lowest BCUT2D eigenvalue weighted by atomic mass is 10.1. The lowest BCUT2D eigenvalue weighted by molar-refractivity contribution is 0.262. The number of ether oxygens (including phenoxy) is 1. The van der Waals surface area contributed by atoms with Gasteiger partial charge in [-0.25, -0.2) is 19.7 Å². The van der Waals surface area contributed by atoms with Crippen molar-refractivity contribution in [2.24, 2.45) is 0 Å².